The van der Waals surface area contributed by atoms with Crippen LogP contribution in [0.25, 0.3) is 15.9 Å². The summed E-state index contributed by atoms with van der Waals surface area (Å²) in [4.78, 5) is 16.6. The molecule has 0 fully saturated rings. The number of nitrogens with one attached hydrogen (secondary N) is 1. The van der Waals surface area contributed by atoms with Crippen LogP contribution in [0.15, 0.2) is 53.0 Å². The van der Waals surface area contributed by atoms with Crippen molar-refractivity contribution in [3.63, 3.8) is 0 Å². The number of rotatable bonds is 6. The Hall–Kier alpha value is -2.45. The molecule has 0 radical (unpaired) electrons. The van der Waals surface area contributed by atoms with Gasteiger partial charge in [-0.25, -0.2) is 4.98 Å². The van der Waals surface area contributed by atoms with E-state index in [9.17, 15) is 4.79 Å². The number of carbonyl (C=O) groups is 1. The number of fused-ring (bicyclic) bond motifs is 2. The minimum atomic E-state index is 0.00120. The second-order valence-electron chi connectivity index (χ2n) is 5.37. The van der Waals surface area contributed by atoms with E-state index in [4.69, 9.17) is 0 Å². The molecule has 1 aromatic carbocycles. The molecule has 0 saturated heterocycles. The molecule has 0 bridgehead atoms. The fraction of sp³-hybridized carbons (Fsp3) is 0.176. The Kier molecular flexibility index (Phi) is 4.62. The maximum absolute atomic E-state index is 12.0. The predicted molar refractivity (Wildman–Crippen MR) is 99.8 cm³/mol. The van der Waals surface area contributed by atoms with Crippen molar-refractivity contribution in [2.75, 3.05) is 5.75 Å². The smallest absolute Gasteiger partial charge is 0.221 e. The number of carbonyl (C=O) groups excluding carboxylic acids is 1. The molecule has 0 aliphatic rings. The largest absolute Gasteiger partial charge is 0.349 e. The molecule has 126 valence electrons. The van der Waals surface area contributed by atoms with Crippen LogP contribution in [-0.4, -0.2) is 31.2 Å². The molecule has 3 aromatic heterocycles. The van der Waals surface area contributed by atoms with Gasteiger partial charge in [0.2, 0.25) is 5.91 Å². The summed E-state index contributed by atoms with van der Waals surface area (Å²) in [7, 11) is 0. The molecular formula is C17H15N5OS2. The molecular weight excluding hydrogens is 354 g/mol. The van der Waals surface area contributed by atoms with Crippen molar-refractivity contribution in [3.05, 3.63) is 54.5 Å². The normalized spacial score (nSPS) is 11.2. The van der Waals surface area contributed by atoms with Crippen molar-refractivity contribution >= 4 is 44.9 Å². The quantitative estimate of drug-likeness (QED) is 0.529. The lowest BCUT2D eigenvalue weighted by Gasteiger charge is -2.03. The highest BCUT2D eigenvalue weighted by atomic mass is 32.2. The van der Waals surface area contributed by atoms with Gasteiger partial charge in [0.1, 0.15) is 0 Å². The van der Waals surface area contributed by atoms with Crippen molar-refractivity contribution in [3.8, 4) is 0 Å². The zero-order valence-corrected chi connectivity index (χ0v) is 14.9. The lowest BCUT2D eigenvalue weighted by Crippen LogP contribution is -2.24. The average molecular weight is 369 g/mol. The van der Waals surface area contributed by atoms with E-state index in [1.165, 1.54) is 4.70 Å². The molecule has 6 nitrogen and oxygen atoms in total. The first-order chi connectivity index (χ1) is 12.3. The summed E-state index contributed by atoms with van der Waals surface area (Å²) in [6.07, 6.45) is 2.33. The molecule has 0 saturated carbocycles. The van der Waals surface area contributed by atoms with Crippen LogP contribution in [0.5, 0.6) is 0 Å². The van der Waals surface area contributed by atoms with Crippen molar-refractivity contribution < 1.29 is 4.79 Å². The Morgan fingerprint density at radius 1 is 1.16 bits per heavy atom. The highest BCUT2D eigenvalue weighted by Crippen LogP contribution is 2.29. The number of nitrogens with zero attached hydrogens (tertiary/aromatic N) is 4. The summed E-state index contributed by atoms with van der Waals surface area (Å²) in [6.45, 7) is 0.371. The van der Waals surface area contributed by atoms with Crippen molar-refractivity contribution in [1.29, 1.82) is 0 Å². The van der Waals surface area contributed by atoms with Crippen LogP contribution < -0.4 is 5.32 Å². The van der Waals surface area contributed by atoms with E-state index < -0.39 is 0 Å². The summed E-state index contributed by atoms with van der Waals surface area (Å²) >= 11 is 3.27. The number of thiazole rings is 1. The van der Waals surface area contributed by atoms with Crippen molar-refractivity contribution in [2.45, 2.75) is 17.3 Å². The van der Waals surface area contributed by atoms with Gasteiger partial charge < -0.3 is 5.32 Å². The van der Waals surface area contributed by atoms with Gasteiger partial charge in [0.15, 0.2) is 15.8 Å². The molecule has 25 heavy (non-hydrogen) atoms. The van der Waals surface area contributed by atoms with Gasteiger partial charge in [-0.2, -0.15) is 0 Å². The van der Waals surface area contributed by atoms with Gasteiger partial charge in [-0.05, 0) is 24.3 Å². The van der Waals surface area contributed by atoms with E-state index >= 15 is 0 Å². The standard InChI is InChI=1S/C17H15N5OS2/c23-16(18-11-15-21-20-14-7-3-4-9-22(14)15)8-10-24-17-19-12-5-1-2-6-13(12)25-17/h1-7,9H,8,10-11H2,(H,18,23). The monoisotopic (exact) mass is 369 g/mol. The Morgan fingerprint density at radius 2 is 2.04 bits per heavy atom. The van der Waals surface area contributed by atoms with Crippen LogP contribution in [-0.2, 0) is 11.3 Å². The Labute approximate surface area is 152 Å². The minimum Gasteiger partial charge on any atom is -0.349 e. The number of pyridine rings is 1. The molecule has 0 atom stereocenters. The van der Waals surface area contributed by atoms with E-state index in [1.54, 1.807) is 23.1 Å². The maximum atomic E-state index is 12.0. The first kappa shape index (κ1) is 16.0. The number of aromatic nitrogens is 4. The van der Waals surface area contributed by atoms with Gasteiger partial charge in [0.25, 0.3) is 0 Å². The van der Waals surface area contributed by atoms with Gasteiger partial charge in [-0.15, -0.1) is 21.5 Å². The predicted octanol–water partition coefficient (Wildman–Crippen LogP) is 3.14. The van der Waals surface area contributed by atoms with Crippen LogP contribution in [0.2, 0.25) is 0 Å². The van der Waals surface area contributed by atoms with Crippen LogP contribution in [0.1, 0.15) is 12.2 Å². The highest BCUT2D eigenvalue weighted by molar-refractivity contribution is 8.01. The molecule has 4 aromatic rings. The lowest BCUT2D eigenvalue weighted by atomic mass is 10.3. The fourth-order valence-corrected chi connectivity index (χ4v) is 4.50. The number of hydrogen-bond donors (Lipinski definition) is 1. The third kappa shape index (κ3) is 3.64. The lowest BCUT2D eigenvalue weighted by molar-refractivity contribution is -0.120. The van der Waals surface area contributed by atoms with E-state index in [2.05, 4.69) is 26.6 Å². The number of benzene rings is 1. The van der Waals surface area contributed by atoms with Gasteiger partial charge >= 0.3 is 0 Å². The molecule has 1 N–H and O–H groups in total. The highest BCUT2D eigenvalue weighted by Gasteiger charge is 2.08. The summed E-state index contributed by atoms with van der Waals surface area (Å²) in [5, 5.41) is 11.1. The van der Waals surface area contributed by atoms with Crippen LogP contribution in [0.4, 0.5) is 0 Å². The number of thioether (sulfide) groups is 1. The molecule has 4 rings (SSSR count). The number of hydrogen-bond acceptors (Lipinski definition) is 6. The van der Waals surface area contributed by atoms with Gasteiger partial charge in [-0.3, -0.25) is 9.20 Å². The van der Waals surface area contributed by atoms with E-state index in [-0.39, 0.29) is 5.91 Å². The Balaban J connectivity index is 1.27. The van der Waals surface area contributed by atoms with Gasteiger partial charge in [0.05, 0.1) is 16.8 Å². The van der Waals surface area contributed by atoms with E-state index in [0.717, 1.165) is 21.3 Å². The molecule has 8 heteroatoms. The Bertz CT molecular complexity index is 993. The number of amides is 1. The summed E-state index contributed by atoms with van der Waals surface area (Å²) in [5.41, 5.74) is 1.79. The zero-order chi connectivity index (χ0) is 17.1. The SMILES string of the molecule is O=C(CCSc1nc2ccccc2s1)NCc1nnc2ccccn12. The summed E-state index contributed by atoms with van der Waals surface area (Å²) in [5.74, 6) is 1.43. The summed E-state index contributed by atoms with van der Waals surface area (Å²) < 4.78 is 4.04. The van der Waals surface area contributed by atoms with E-state index in [0.29, 0.717) is 18.7 Å². The molecule has 0 aliphatic heterocycles. The topological polar surface area (TPSA) is 72.2 Å². The average Bonchev–Trinajstić information content (AvgIpc) is 3.23. The van der Waals surface area contributed by atoms with Crippen LogP contribution in [0.3, 0.4) is 0 Å². The van der Waals surface area contributed by atoms with Gasteiger partial charge in [-0.1, -0.05) is 30.0 Å². The third-order valence-corrected chi connectivity index (χ3v) is 5.84. The van der Waals surface area contributed by atoms with Crippen molar-refractivity contribution in [2.24, 2.45) is 0 Å². The van der Waals surface area contributed by atoms with Crippen LogP contribution in [0, 0.1) is 0 Å². The van der Waals surface area contributed by atoms with E-state index in [1.807, 2.05) is 47.0 Å². The second-order valence-corrected chi connectivity index (χ2v) is 7.74. The molecule has 0 aliphatic carbocycles. The second kappa shape index (κ2) is 7.20. The van der Waals surface area contributed by atoms with Crippen LogP contribution >= 0.6 is 23.1 Å². The molecule has 0 spiro atoms. The fourth-order valence-electron chi connectivity index (χ4n) is 2.42. The molecule has 1 amide bonds. The zero-order valence-electron chi connectivity index (χ0n) is 13.3. The Morgan fingerprint density at radius 3 is 2.96 bits per heavy atom. The third-order valence-electron chi connectivity index (χ3n) is 3.66. The number of para-hydroxylation sites is 1. The first-order valence-electron chi connectivity index (χ1n) is 7.83. The first-order valence-corrected chi connectivity index (χ1v) is 9.63. The minimum absolute atomic E-state index is 0.00120. The molecule has 0 unspecified atom stereocenters. The summed E-state index contributed by atoms with van der Waals surface area (Å²) in [6, 6.07) is 13.8. The maximum Gasteiger partial charge on any atom is 0.221 e. The van der Waals surface area contributed by atoms with Crippen molar-refractivity contribution in [1.82, 2.24) is 24.9 Å². The van der Waals surface area contributed by atoms with Gasteiger partial charge in [0, 0.05) is 18.4 Å². The molecule has 3 heterocycles.